The molecule has 50 valence electrons. The topological polar surface area (TPSA) is 17.8 Å². The number of aromatic nitrogens is 2. The van der Waals surface area contributed by atoms with Gasteiger partial charge in [0.1, 0.15) is 0 Å². The van der Waals surface area contributed by atoms with E-state index in [4.69, 9.17) is 0 Å². The second-order valence-corrected chi connectivity index (χ2v) is 2.25. The van der Waals surface area contributed by atoms with Crippen LogP contribution in [0.3, 0.4) is 0 Å². The summed E-state index contributed by atoms with van der Waals surface area (Å²) in [5.41, 5.74) is 1.10. The number of rotatable bonds is 2. The molecule has 1 rings (SSSR count). The molecule has 0 unspecified atom stereocenters. The van der Waals surface area contributed by atoms with Crippen LogP contribution >= 0.6 is 0 Å². The van der Waals surface area contributed by atoms with Crippen molar-refractivity contribution >= 4 is 0 Å². The van der Waals surface area contributed by atoms with Crippen LogP contribution in [0.1, 0.15) is 19.0 Å². The van der Waals surface area contributed by atoms with Crippen LogP contribution in [0, 0.1) is 6.92 Å². The van der Waals surface area contributed by atoms with Crippen molar-refractivity contribution in [2.45, 2.75) is 26.8 Å². The molecular weight excluding hydrogens is 112 g/mol. The normalized spacial score (nSPS) is 10.0. The third-order valence-corrected chi connectivity index (χ3v) is 1.24. The summed E-state index contributed by atoms with van der Waals surface area (Å²) >= 11 is 0. The Kier molecular flexibility index (Phi) is 1.88. The summed E-state index contributed by atoms with van der Waals surface area (Å²) in [4.78, 5) is 4.10. The van der Waals surface area contributed by atoms with Crippen molar-refractivity contribution in [3.05, 3.63) is 18.2 Å². The molecule has 0 spiro atoms. The quantitative estimate of drug-likeness (QED) is 0.585. The van der Waals surface area contributed by atoms with Gasteiger partial charge in [-0.25, -0.2) is 4.98 Å². The van der Waals surface area contributed by atoms with Crippen LogP contribution in [-0.4, -0.2) is 9.55 Å². The van der Waals surface area contributed by atoms with E-state index in [-0.39, 0.29) is 0 Å². The fraction of sp³-hybridized carbons (Fsp3) is 0.571. The van der Waals surface area contributed by atoms with Crippen LogP contribution in [0.4, 0.5) is 0 Å². The average molecular weight is 124 g/mol. The predicted molar refractivity (Wildman–Crippen MR) is 37.3 cm³/mol. The molecule has 0 amide bonds. The van der Waals surface area contributed by atoms with Gasteiger partial charge in [0.25, 0.3) is 0 Å². The third kappa shape index (κ3) is 1.56. The van der Waals surface area contributed by atoms with E-state index < -0.39 is 0 Å². The van der Waals surface area contributed by atoms with Crippen molar-refractivity contribution in [3.63, 3.8) is 0 Å². The Labute approximate surface area is 55.5 Å². The van der Waals surface area contributed by atoms with Gasteiger partial charge in [-0.2, -0.15) is 0 Å². The number of nitrogens with zero attached hydrogens (tertiary/aromatic N) is 2. The van der Waals surface area contributed by atoms with Gasteiger partial charge in [0.05, 0.1) is 12.0 Å². The van der Waals surface area contributed by atoms with E-state index in [1.165, 1.54) is 6.42 Å². The van der Waals surface area contributed by atoms with Crippen LogP contribution < -0.4 is 0 Å². The Morgan fingerprint density at radius 3 is 2.89 bits per heavy atom. The van der Waals surface area contributed by atoms with Gasteiger partial charge < -0.3 is 4.57 Å². The maximum atomic E-state index is 4.10. The minimum atomic E-state index is 1.08. The molecule has 1 aromatic rings. The van der Waals surface area contributed by atoms with Crippen LogP contribution in [-0.2, 0) is 6.54 Å². The lowest BCUT2D eigenvalue weighted by molar-refractivity contribution is 0.678. The van der Waals surface area contributed by atoms with Crippen molar-refractivity contribution in [1.82, 2.24) is 9.55 Å². The Bertz CT molecular complexity index is 179. The SMILES string of the molecule is CCCn1cnc(C)c1. The van der Waals surface area contributed by atoms with Gasteiger partial charge in [0.15, 0.2) is 0 Å². The van der Waals surface area contributed by atoms with E-state index in [0.29, 0.717) is 0 Å². The van der Waals surface area contributed by atoms with Gasteiger partial charge in [-0.3, -0.25) is 0 Å². The highest BCUT2D eigenvalue weighted by Gasteiger charge is 1.88. The second kappa shape index (κ2) is 2.67. The zero-order valence-corrected chi connectivity index (χ0v) is 5.96. The Morgan fingerprint density at radius 2 is 2.44 bits per heavy atom. The smallest absolute Gasteiger partial charge is 0.0949 e. The lowest BCUT2D eigenvalue weighted by Crippen LogP contribution is -1.90. The molecule has 0 aliphatic carbocycles. The first-order valence-electron chi connectivity index (χ1n) is 3.31. The van der Waals surface area contributed by atoms with Crippen molar-refractivity contribution in [3.8, 4) is 0 Å². The molecule has 0 atom stereocenters. The fourth-order valence-electron chi connectivity index (χ4n) is 0.852. The maximum absolute atomic E-state index is 4.10. The molecule has 0 aliphatic rings. The van der Waals surface area contributed by atoms with Crippen LogP contribution in [0.2, 0.25) is 0 Å². The van der Waals surface area contributed by atoms with E-state index in [1.807, 2.05) is 13.3 Å². The zero-order valence-electron chi connectivity index (χ0n) is 5.96. The maximum Gasteiger partial charge on any atom is 0.0949 e. The third-order valence-electron chi connectivity index (χ3n) is 1.24. The Hall–Kier alpha value is -0.790. The summed E-state index contributed by atoms with van der Waals surface area (Å²) in [5, 5.41) is 0. The van der Waals surface area contributed by atoms with Gasteiger partial charge in [0, 0.05) is 12.7 Å². The molecule has 2 heteroatoms. The van der Waals surface area contributed by atoms with Crippen LogP contribution in [0.5, 0.6) is 0 Å². The van der Waals surface area contributed by atoms with E-state index >= 15 is 0 Å². The largest absolute Gasteiger partial charge is 0.337 e. The Morgan fingerprint density at radius 1 is 1.67 bits per heavy atom. The highest BCUT2D eigenvalue weighted by molar-refractivity contribution is 4.91. The predicted octanol–water partition coefficient (Wildman–Crippen LogP) is 1.60. The molecule has 0 bridgehead atoms. The molecular formula is C7H12N2. The van der Waals surface area contributed by atoms with Gasteiger partial charge >= 0.3 is 0 Å². The molecule has 0 radical (unpaired) electrons. The monoisotopic (exact) mass is 124 g/mol. The summed E-state index contributed by atoms with van der Waals surface area (Å²) < 4.78 is 2.11. The molecule has 1 aromatic heterocycles. The van der Waals surface area contributed by atoms with Crippen LogP contribution in [0.15, 0.2) is 12.5 Å². The molecule has 2 nitrogen and oxygen atoms in total. The first kappa shape index (κ1) is 6.33. The zero-order chi connectivity index (χ0) is 6.69. The minimum Gasteiger partial charge on any atom is -0.337 e. The van der Waals surface area contributed by atoms with Crippen molar-refractivity contribution in [2.24, 2.45) is 0 Å². The summed E-state index contributed by atoms with van der Waals surface area (Å²) in [6.45, 7) is 5.25. The average Bonchev–Trinajstić information content (AvgIpc) is 2.17. The highest BCUT2D eigenvalue weighted by atomic mass is 15.0. The molecule has 0 aromatic carbocycles. The van der Waals surface area contributed by atoms with Gasteiger partial charge in [-0.15, -0.1) is 0 Å². The van der Waals surface area contributed by atoms with E-state index in [9.17, 15) is 0 Å². The lowest BCUT2D eigenvalue weighted by Gasteiger charge is -1.93. The Balaban J connectivity index is 2.61. The number of hydrogen-bond donors (Lipinski definition) is 0. The molecule has 0 aliphatic heterocycles. The molecule has 0 saturated heterocycles. The van der Waals surface area contributed by atoms with Crippen molar-refractivity contribution < 1.29 is 0 Å². The van der Waals surface area contributed by atoms with Crippen molar-refractivity contribution in [2.75, 3.05) is 0 Å². The fourth-order valence-corrected chi connectivity index (χ4v) is 0.852. The lowest BCUT2D eigenvalue weighted by atomic mass is 10.5. The van der Waals surface area contributed by atoms with Gasteiger partial charge in [-0.05, 0) is 13.3 Å². The minimum absolute atomic E-state index is 1.08. The summed E-state index contributed by atoms with van der Waals surface area (Å²) in [6.07, 6.45) is 5.11. The first-order valence-corrected chi connectivity index (χ1v) is 3.31. The van der Waals surface area contributed by atoms with E-state index in [1.54, 1.807) is 0 Å². The molecule has 1 heterocycles. The van der Waals surface area contributed by atoms with Crippen LogP contribution in [0.25, 0.3) is 0 Å². The van der Waals surface area contributed by atoms with E-state index in [0.717, 1.165) is 12.2 Å². The van der Waals surface area contributed by atoms with Gasteiger partial charge in [-0.1, -0.05) is 6.92 Å². The van der Waals surface area contributed by atoms with E-state index in [2.05, 4.69) is 22.7 Å². The number of imidazole rings is 1. The summed E-state index contributed by atoms with van der Waals surface area (Å²) in [5.74, 6) is 0. The first-order chi connectivity index (χ1) is 4.33. The summed E-state index contributed by atoms with van der Waals surface area (Å²) in [7, 11) is 0. The van der Waals surface area contributed by atoms with Crippen molar-refractivity contribution in [1.29, 1.82) is 0 Å². The standard InChI is InChI=1S/C7H12N2/c1-3-4-9-5-7(2)8-6-9/h5-6H,3-4H2,1-2H3. The number of aryl methyl sites for hydroxylation is 2. The molecule has 0 saturated carbocycles. The molecule has 0 N–H and O–H groups in total. The summed E-state index contributed by atoms with van der Waals surface area (Å²) in [6, 6.07) is 0. The van der Waals surface area contributed by atoms with Gasteiger partial charge in [0.2, 0.25) is 0 Å². The second-order valence-electron chi connectivity index (χ2n) is 2.25. The molecule has 9 heavy (non-hydrogen) atoms. The number of hydrogen-bond acceptors (Lipinski definition) is 1. The highest BCUT2D eigenvalue weighted by Crippen LogP contribution is 1.93. The molecule has 0 fully saturated rings.